The van der Waals surface area contributed by atoms with Gasteiger partial charge in [-0.3, -0.25) is 4.79 Å². The summed E-state index contributed by atoms with van der Waals surface area (Å²) in [7, 11) is 1.67. The molecule has 1 N–H and O–H groups in total. The van der Waals surface area contributed by atoms with Crippen LogP contribution in [0.4, 0.5) is 0 Å². The smallest absolute Gasteiger partial charge is 0.145 e. The van der Waals surface area contributed by atoms with Gasteiger partial charge in [0.05, 0.1) is 13.2 Å². The van der Waals surface area contributed by atoms with Crippen molar-refractivity contribution in [2.45, 2.75) is 33.6 Å². The molecule has 0 saturated heterocycles. The maximum absolute atomic E-state index is 12.1. The van der Waals surface area contributed by atoms with Gasteiger partial charge in [-0.1, -0.05) is 26.0 Å². The maximum atomic E-state index is 12.1. The Hall–Kier alpha value is -1.39. The first-order valence-corrected chi connectivity index (χ1v) is 7.26. The first kappa shape index (κ1) is 17.7. The minimum absolute atomic E-state index is 0.0270. The number of aliphatic hydroxyl groups excluding tert-OH is 1. The lowest BCUT2D eigenvalue weighted by molar-refractivity contribution is -0.128. The van der Waals surface area contributed by atoms with Gasteiger partial charge in [-0.05, 0) is 24.1 Å². The van der Waals surface area contributed by atoms with E-state index in [2.05, 4.69) is 0 Å². The minimum Gasteiger partial charge on any atom is -0.493 e. The summed E-state index contributed by atoms with van der Waals surface area (Å²) in [6, 6.07) is 5.80. The number of carbonyl (C=O) groups excluding carboxylic acids is 1. The Labute approximate surface area is 127 Å². The normalized spacial score (nSPS) is 11.5. The summed E-state index contributed by atoms with van der Waals surface area (Å²) in [6.45, 7) is 6.61. The van der Waals surface area contributed by atoms with Gasteiger partial charge in [0.2, 0.25) is 0 Å². The zero-order chi connectivity index (χ0) is 15.9. The lowest BCUT2D eigenvalue weighted by atomic mass is 9.85. The molecule has 0 heterocycles. The number of aliphatic hydroxyl groups is 1. The highest BCUT2D eigenvalue weighted by atomic mass is 16.5. The predicted octanol–water partition coefficient (Wildman–Crippen LogP) is 2.54. The van der Waals surface area contributed by atoms with E-state index in [4.69, 9.17) is 9.47 Å². The molecule has 0 fully saturated rings. The van der Waals surface area contributed by atoms with Crippen LogP contribution in [0.1, 0.15) is 31.4 Å². The molecule has 0 aliphatic rings. The van der Waals surface area contributed by atoms with Gasteiger partial charge in [0.25, 0.3) is 0 Å². The zero-order valence-electron chi connectivity index (χ0n) is 13.4. The van der Waals surface area contributed by atoms with Gasteiger partial charge in [-0.2, -0.15) is 0 Å². The molecule has 0 saturated carbocycles. The highest BCUT2D eigenvalue weighted by Gasteiger charge is 2.26. The molecule has 118 valence electrons. The molecule has 1 rings (SSSR count). The number of benzene rings is 1. The molecule has 0 aliphatic carbocycles. The number of Topliss-reactive ketones (excluding diaryl/α,β-unsaturated/α-hetero) is 1. The van der Waals surface area contributed by atoms with E-state index in [0.717, 1.165) is 23.3 Å². The first-order chi connectivity index (χ1) is 9.90. The van der Waals surface area contributed by atoms with Crippen LogP contribution in [0.15, 0.2) is 18.2 Å². The van der Waals surface area contributed by atoms with Gasteiger partial charge >= 0.3 is 0 Å². The highest BCUT2D eigenvalue weighted by molar-refractivity contribution is 5.86. The Kier molecular flexibility index (Phi) is 6.85. The molecule has 0 spiro atoms. The van der Waals surface area contributed by atoms with Crippen LogP contribution in [0.25, 0.3) is 0 Å². The fraction of sp³-hybridized carbons (Fsp3) is 0.588. The molecule has 4 heteroatoms. The summed E-state index contributed by atoms with van der Waals surface area (Å²) in [4.78, 5) is 12.1. The standard InChI is InChI=1S/C17H26O4/c1-13-6-7-14(11-16(19)17(2,3)12-18)10-15(13)21-9-5-8-20-4/h6-7,10,18H,5,8-9,11-12H2,1-4H3. The van der Waals surface area contributed by atoms with Crippen molar-refractivity contribution in [2.24, 2.45) is 5.41 Å². The van der Waals surface area contributed by atoms with Crippen LogP contribution < -0.4 is 4.74 Å². The van der Waals surface area contributed by atoms with E-state index in [1.165, 1.54) is 0 Å². The Morgan fingerprint density at radius 3 is 2.62 bits per heavy atom. The number of ketones is 1. The molecule has 0 atom stereocenters. The summed E-state index contributed by atoms with van der Waals surface area (Å²) in [6.07, 6.45) is 1.14. The lowest BCUT2D eigenvalue weighted by Crippen LogP contribution is -2.29. The molecular weight excluding hydrogens is 268 g/mol. The molecular formula is C17H26O4. The van der Waals surface area contributed by atoms with Crippen molar-refractivity contribution in [1.82, 2.24) is 0 Å². The SMILES string of the molecule is COCCCOc1cc(CC(=O)C(C)(C)CO)ccc1C. The zero-order valence-corrected chi connectivity index (χ0v) is 13.4. The third-order valence-electron chi connectivity index (χ3n) is 3.52. The molecule has 0 aromatic heterocycles. The van der Waals surface area contributed by atoms with Crippen molar-refractivity contribution in [3.8, 4) is 5.75 Å². The molecule has 4 nitrogen and oxygen atoms in total. The Bertz CT molecular complexity index is 466. The van der Waals surface area contributed by atoms with E-state index in [9.17, 15) is 9.90 Å². The fourth-order valence-electron chi connectivity index (χ4n) is 1.81. The summed E-state index contributed by atoms with van der Waals surface area (Å²) < 4.78 is 10.7. The van der Waals surface area contributed by atoms with E-state index in [-0.39, 0.29) is 12.4 Å². The van der Waals surface area contributed by atoms with Crippen molar-refractivity contribution < 1.29 is 19.4 Å². The van der Waals surface area contributed by atoms with Crippen LogP contribution in [0, 0.1) is 12.3 Å². The van der Waals surface area contributed by atoms with Crippen molar-refractivity contribution in [1.29, 1.82) is 0 Å². The van der Waals surface area contributed by atoms with Gasteiger partial charge in [-0.15, -0.1) is 0 Å². The number of ether oxygens (including phenoxy) is 2. The molecule has 1 aromatic rings. The van der Waals surface area contributed by atoms with Crippen molar-refractivity contribution >= 4 is 5.78 Å². The van der Waals surface area contributed by atoms with Crippen LogP contribution in [-0.4, -0.2) is 37.8 Å². The lowest BCUT2D eigenvalue weighted by Gasteiger charge is -2.20. The molecule has 0 unspecified atom stereocenters. The van der Waals surface area contributed by atoms with Crippen molar-refractivity contribution in [3.63, 3.8) is 0 Å². The molecule has 0 radical (unpaired) electrons. The van der Waals surface area contributed by atoms with Gasteiger partial charge in [0.15, 0.2) is 0 Å². The van der Waals surface area contributed by atoms with Gasteiger partial charge < -0.3 is 14.6 Å². The Morgan fingerprint density at radius 1 is 1.29 bits per heavy atom. The maximum Gasteiger partial charge on any atom is 0.145 e. The molecule has 0 bridgehead atoms. The predicted molar refractivity (Wildman–Crippen MR) is 82.7 cm³/mol. The average Bonchev–Trinajstić information content (AvgIpc) is 2.46. The van der Waals surface area contributed by atoms with Crippen LogP contribution >= 0.6 is 0 Å². The van der Waals surface area contributed by atoms with Gasteiger partial charge in [0.1, 0.15) is 11.5 Å². The van der Waals surface area contributed by atoms with Crippen LogP contribution in [0.3, 0.4) is 0 Å². The second-order valence-electron chi connectivity index (χ2n) is 5.94. The summed E-state index contributed by atoms with van der Waals surface area (Å²) in [5, 5.41) is 9.25. The van der Waals surface area contributed by atoms with E-state index >= 15 is 0 Å². The number of hydrogen-bond donors (Lipinski definition) is 1. The first-order valence-electron chi connectivity index (χ1n) is 7.26. The van der Waals surface area contributed by atoms with E-state index in [1.54, 1.807) is 21.0 Å². The number of aryl methyl sites for hydroxylation is 1. The van der Waals surface area contributed by atoms with E-state index in [1.807, 2.05) is 25.1 Å². The second-order valence-corrected chi connectivity index (χ2v) is 5.94. The summed E-state index contributed by atoms with van der Waals surface area (Å²) in [5.74, 6) is 0.831. The van der Waals surface area contributed by atoms with Crippen LogP contribution in [0.2, 0.25) is 0 Å². The highest BCUT2D eigenvalue weighted by Crippen LogP contribution is 2.23. The quantitative estimate of drug-likeness (QED) is 0.711. The Balaban J connectivity index is 2.70. The monoisotopic (exact) mass is 294 g/mol. The minimum atomic E-state index is -0.704. The number of hydrogen-bond acceptors (Lipinski definition) is 4. The average molecular weight is 294 g/mol. The molecule has 0 aliphatic heterocycles. The molecule has 0 amide bonds. The summed E-state index contributed by atoms with van der Waals surface area (Å²) >= 11 is 0. The third-order valence-corrected chi connectivity index (χ3v) is 3.52. The number of carbonyl (C=O) groups is 1. The third kappa shape index (κ3) is 5.48. The molecule has 1 aromatic carbocycles. The van der Waals surface area contributed by atoms with Gasteiger partial charge in [-0.25, -0.2) is 0 Å². The van der Waals surface area contributed by atoms with E-state index < -0.39 is 5.41 Å². The van der Waals surface area contributed by atoms with Crippen LogP contribution in [-0.2, 0) is 16.0 Å². The number of methoxy groups -OCH3 is 1. The van der Waals surface area contributed by atoms with Crippen LogP contribution in [0.5, 0.6) is 5.75 Å². The largest absolute Gasteiger partial charge is 0.493 e. The van der Waals surface area contributed by atoms with Crippen molar-refractivity contribution in [3.05, 3.63) is 29.3 Å². The van der Waals surface area contributed by atoms with Gasteiger partial charge in [0, 0.05) is 32.0 Å². The second kappa shape index (κ2) is 8.15. The fourth-order valence-corrected chi connectivity index (χ4v) is 1.81. The van der Waals surface area contributed by atoms with Crippen molar-refractivity contribution in [2.75, 3.05) is 26.9 Å². The number of rotatable bonds is 9. The Morgan fingerprint density at radius 2 is 2.00 bits per heavy atom. The van der Waals surface area contributed by atoms with E-state index in [0.29, 0.717) is 19.6 Å². The topological polar surface area (TPSA) is 55.8 Å². The summed E-state index contributed by atoms with van der Waals surface area (Å²) in [5.41, 5.74) is 1.25. The molecule has 21 heavy (non-hydrogen) atoms.